The number of nitrogens with zero attached hydrogens (tertiary/aromatic N) is 1. The first-order valence-electron chi connectivity index (χ1n) is 6.81. The summed E-state index contributed by atoms with van der Waals surface area (Å²) in [5, 5.41) is 0.312. The van der Waals surface area contributed by atoms with Crippen LogP contribution in [0.3, 0.4) is 0 Å². The van der Waals surface area contributed by atoms with E-state index in [0.717, 1.165) is 0 Å². The molecule has 0 bridgehead atoms. The third-order valence-corrected chi connectivity index (χ3v) is 9.10. The van der Waals surface area contributed by atoms with E-state index in [2.05, 4.69) is 0 Å². The Morgan fingerprint density at radius 2 is 1.56 bits per heavy atom. The molecule has 0 aliphatic rings. The van der Waals surface area contributed by atoms with Gasteiger partial charge in [0.1, 0.15) is 0 Å². The SMILES string of the molecule is CCOP(=O)(OCC)C(N(Cl)S(=O)(=O)c1ccc(Cl)cc1)C(Cl)(Cl)Cl. The minimum atomic E-state index is -4.40. The standard InChI is InChI=1S/C12H15Cl5NO5PS/c1-3-22-24(19,23-4-2)11(12(14,15)16)18(17)25(20,21)10-7-5-9(13)6-8-10/h5-8,11H,3-4H2,1-2H3. The van der Waals surface area contributed by atoms with Gasteiger partial charge < -0.3 is 9.05 Å². The third-order valence-electron chi connectivity index (χ3n) is 2.74. The number of hydrogen-bond acceptors (Lipinski definition) is 5. The van der Waals surface area contributed by atoms with Gasteiger partial charge in [0.05, 0.1) is 18.1 Å². The van der Waals surface area contributed by atoms with Crippen molar-refractivity contribution in [1.29, 1.82) is 0 Å². The predicted molar refractivity (Wildman–Crippen MR) is 101 cm³/mol. The van der Waals surface area contributed by atoms with Crippen molar-refractivity contribution >= 4 is 75.8 Å². The van der Waals surface area contributed by atoms with E-state index in [9.17, 15) is 13.0 Å². The highest BCUT2D eigenvalue weighted by Gasteiger charge is 2.56. The van der Waals surface area contributed by atoms with E-state index >= 15 is 0 Å². The molecule has 144 valence electrons. The zero-order chi connectivity index (χ0) is 19.5. The average Bonchev–Trinajstić information content (AvgIpc) is 2.46. The van der Waals surface area contributed by atoms with Crippen LogP contribution in [0, 0.1) is 0 Å². The van der Waals surface area contributed by atoms with Crippen molar-refractivity contribution < 1.29 is 22.0 Å². The Morgan fingerprint density at radius 3 is 1.92 bits per heavy atom. The van der Waals surface area contributed by atoms with Gasteiger partial charge >= 0.3 is 7.60 Å². The lowest BCUT2D eigenvalue weighted by Gasteiger charge is -2.34. The fraction of sp³-hybridized carbons (Fsp3) is 0.500. The fourth-order valence-electron chi connectivity index (χ4n) is 1.78. The van der Waals surface area contributed by atoms with Crippen molar-refractivity contribution in [2.75, 3.05) is 13.2 Å². The number of sulfonamides is 1. The molecule has 0 aliphatic heterocycles. The summed E-state index contributed by atoms with van der Waals surface area (Å²) >= 11 is 29.3. The summed E-state index contributed by atoms with van der Waals surface area (Å²) in [5.41, 5.74) is 0. The Kier molecular flexibility index (Phi) is 8.83. The molecule has 13 heteroatoms. The van der Waals surface area contributed by atoms with Crippen LogP contribution >= 0.6 is 65.8 Å². The number of rotatable bonds is 8. The van der Waals surface area contributed by atoms with Crippen molar-refractivity contribution in [3.05, 3.63) is 29.3 Å². The summed E-state index contributed by atoms with van der Waals surface area (Å²) in [6.45, 7) is 2.88. The van der Waals surface area contributed by atoms with Gasteiger partial charge in [-0.3, -0.25) is 4.57 Å². The minimum absolute atomic E-state index is 0.0831. The highest BCUT2D eigenvalue weighted by molar-refractivity contribution is 7.90. The monoisotopic (exact) mass is 491 g/mol. The summed E-state index contributed by atoms with van der Waals surface area (Å²) < 4.78 is 46.4. The van der Waals surface area contributed by atoms with E-state index in [-0.39, 0.29) is 21.9 Å². The fourth-order valence-corrected chi connectivity index (χ4v) is 7.79. The third kappa shape index (κ3) is 5.85. The van der Waals surface area contributed by atoms with Crippen LogP contribution in [-0.4, -0.2) is 35.0 Å². The Labute approximate surface area is 171 Å². The van der Waals surface area contributed by atoms with Crippen LogP contribution in [-0.2, 0) is 23.6 Å². The van der Waals surface area contributed by atoms with Crippen molar-refractivity contribution in [3.63, 3.8) is 0 Å². The zero-order valence-electron chi connectivity index (χ0n) is 13.0. The van der Waals surface area contributed by atoms with Gasteiger partial charge in [0, 0.05) is 5.02 Å². The van der Waals surface area contributed by atoms with Gasteiger partial charge in [0.15, 0.2) is 5.78 Å². The first-order chi connectivity index (χ1) is 11.4. The van der Waals surface area contributed by atoms with E-state index in [4.69, 9.17) is 67.2 Å². The van der Waals surface area contributed by atoms with Crippen LogP contribution in [0.25, 0.3) is 0 Å². The summed E-state index contributed by atoms with van der Waals surface area (Å²) in [7, 11) is -8.64. The van der Waals surface area contributed by atoms with Crippen LogP contribution in [0.15, 0.2) is 29.2 Å². The molecule has 0 N–H and O–H groups in total. The van der Waals surface area contributed by atoms with E-state index in [1.807, 2.05) is 0 Å². The smallest absolute Gasteiger partial charge is 0.308 e. The van der Waals surface area contributed by atoms with Crippen molar-refractivity contribution in [2.24, 2.45) is 0 Å². The molecule has 1 unspecified atom stereocenters. The normalized spacial score (nSPS) is 14.7. The van der Waals surface area contributed by atoms with Gasteiger partial charge in [-0.25, -0.2) is 8.42 Å². The molecule has 0 aliphatic carbocycles. The second kappa shape index (κ2) is 9.28. The maximum absolute atomic E-state index is 13.0. The van der Waals surface area contributed by atoms with Crippen LogP contribution in [0.2, 0.25) is 5.02 Å². The molecule has 1 atom stereocenters. The van der Waals surface area contributed by atoms with E-state index in [1.165, 1.54) is 38.1 Å². The summed E-state index contributed by atoms with van der Waals surface area (Å²) in [4.78, 5) is -0.245. The topological polar surface area (TPSA) is 72.9 Å². The van der Waals surface area contributed by atoms with Crippen molar-refractivity contribution in [2.45, 2.75) is 28.3 Å². The molecule has 1 aromatic rings. The van der Waals surface area contributed by atoms with Gasteiger partial charge in [-0.15, -0.1) is 0 Å². The maximum Gasteiger partial charge on any atom is 0.354 e. The molecule has 0 spiro atoms. The lowest BCUT2D eigenvalue weighted by atomic mass is 10.4. The molecule has 0 amide bonds. The molecule has 25 heavy (non-hydrogen) atoms. The zero-order valence-corrected chi connectivity index (χ0v) is 18.5. The Morgan fingerprint density at radius 1 is 1.12 bits per heavy atom. The molecular formula is C12H15Cl5NO5PS. The second-order valence-electron chi connectivity index (χ2n) is 4.49. The Bertz CT molecular complexity index is 714. The molecule has 0 saturated heterocycles. The molecule has 0 aromatic heterocycles. The predicted octanol–water partition coefficient (Wildman–Crippen LogP) is 5.45. The average molecular weight is 494 g/mol. The van der Waals surface area contributed by atoms with Crippen LogP contribution < -0.4 is 0 Å². The quantitative estimate of drug-likeness (QED) is 0.274. The number of halogens is 5. The molecule has 1 rings (SSSR count). The molecular weight excluding hydrogens is 478 g/mol. The van der Waals surface area contributed by atoms with E-state index in [1.54, 1.807) is 0 Å². The van der Waals surface area contributed by atoms with Crippen LogP contribution in [0.1, 0.15) is 13.8 Å². The summed E-state index contributed by atoms with van der Waals surface area (Å²) in [6.07, 6.45) is 0. The Balaban J connectivity index is 3.45. The van der Waals surface area contributed by atoms with Crippen LogP contribution in [0.4, 0.5) is 0 Å². The lowest BCUT2D eigenvalue weighted by Crippen LogP contribution is -2.42. The molecule has 1 aromatic carbocycles. The van der Waals surface area contributed by atoms with Gasteiger partial charge in [-0.2, -0.15) is 0 Å². The van der Waals surface area contributed by atoms with E-state index < -0.39 is 27.2 Å². The summed E-state index contributed by atoms with van der Waals surface area (Å²) in [6, 6.07) is 5.09. The first-order valence-corrected chi connectivity index (χ1v) is 11.7. The number of benzene rings is 1. The highest BCUT2D eigenvalue weighted by atomic mass is 35.6. The summed E-state index contributed by atoms with van der Waals surface area (Å²) in [5.74, 6) is -1.92. The highest BCUT2D eigenvalue weighted by Crippen LogP contribution is 2.62. The van der Waals surface area contributed by atoms with Gasteiger partial charge in [-0.1, -0.05) is 50.2 Å². The van der Waals surface area contributed by atoms with Crippen molar-refractivity contribution in [3.8, 4) is 0 Å². The second-order valence-corrected chi connectivity index (χ2v) is 11.8. The number of alkyl halides is 3. The molecule has 0 saturated carbocycles. The minimum Gasteiger partial charge on any atom is -0.308 e. The first kappa shape index (κ1) is 23.8. The largest absolute Gasteiger partial charge is 0.354 e. The van der Waals surface area contributed by atoms with Crippen LogP contribution in [0.5, 0.6) is 0 Å². The Hall–Kier alpha value is 0.730. The molecule has 0 heterocycles. The van der Waals surface area contributed by atoms with Crippen molar-refractivity contribution in [1.82, 2.24) is 3.82 Å². The molecule has 6 nitrogen and oxygen atoms in total. The van der Waals surface area contributed by atoms with Gasteiger partial charge in [-0.05, 0) is 49.9 Å². The van der Waals surface area contributed by atoms with Gasteiger partial charge in [0.25, 0.3) is 10.0 Å². The van der Waals surface area contributed by atoms with Gasteiger partial charge in [0.2, 0.25) is 3.79 Å². The van der Waals surface area contributed by atoms with E-state index in [0.29, 0.717) is 5.02 Å². The molecule has 0 radical (unpaired) electrons. The number of hydrogen-bond donors (Lipinski definition) is 0. The maximum atomic E-state index is 13.0. The molecule has 0 fully saturated rings. The lowest BCUT2D eigenvalue weighted by molar-refractivity contribution is 0.203.